The third kappa shape index (κ3) is 29.5. The van der Waals surface area contributed by atoms with Crippen molar-refractivity contribution in [3.8, 4) is 0 Å². The fourth-order valence-electron chi connectivity index (χ4n) is 1.35. The number of hydrogen-bond acceptors (Lipinski definition) is 3. The van der Waals surface area contributed by atoms with Gasteiger partial charge in [-0.05, 0) is 25.8 Å². The maximum absolute atomic E-state index is 10.1. The molecule has 0 aromatic heterocycles. The summed E-state index contributed by atoms with van der Waals surface area (Å²) >= 11 is 0. The minimum Gasteiger partial charge on any atom is -0.330 e. The number of hydrogen-bond donors (Lipinski definition) is 1. The van der Waals surface area contributed by atoms with Gasteiger partial charge in [-0.15, -0.1) is 0 Å². The van der Waals surface area contributed by atoms with Crippen molar-refractivity contribution in [2.75, 3.05) is 6.54 Å². The number of rotatable bonds is 9. The van der Waals surface area contributed by atoms with E-state index < -0.39 is 17.0 Å². The second-order valence-corrected chi connectivity index (χ2v) is 4.58. The van der Waals surface area contributed by atoms with Crippen molar-refractivity contribution in [1.82, 2.24) is 0 Å². The zero-order chi connectivity index (χ0) is 14.2. The minimum absolute atomic E-state index is 0.693. The molecule has 2 N–H and O–H groups in total. The lowest BCUT2D eigenvalue weighted by atomic mass is 10.1. The van der Waals surface area contributed by atoms with Crippen molar-refractivity contribution in [2.24, 2.45) is 5.73 Å². The van der Waals surface area contributed by atoms with Crippen LogP contribution in [0.15, 0.2) is 0 Å². The molecule has 0 aromatic carbocycles. The standard InChI is InChI=1S/C10H21NO2S.CHF3/c11-9-7-5-3-1-2-4-6-8-10-14(12)13;2-1(3)4/h10H,1-9,11H2;1H. The fourth-order valence-corrected chi connectivity index (χ4v) is 1.71. The predicted molar refractivity (Wildman–Crippen MR) is 68.1 cm³/mol. The number of nitrogens with two attached hydrogens (primary N) is 1. The molecule has 0 aliphatic heterocycles. The van der Waals surface area contributed by atoms with Gasteiger partial charge in [-0.1, -0.05) is 32.1 Å². The second kappa shape index (κ2) is 16.4. The maximum Gasteiger partial charge on any atom is 0.379 e. The third-order valence-electron chi connectivity index (χ3n) is 2.16. The summed E-state index contributed by atoms with van der Waals surface area (Å²) in [5.74, 6) is 0. The Morgan fingerprint density at radius 1 is 0.889 bits per heavy atom. The van der Waals surface area contributed by atoms with E-state index in [0.29, 0.717) is 6.42 Å². The van der Waals surface area contributed by atoms with Crippen LogP contribution in [0.4, 0.5) is 13.2 Å². The van der Waals surface area contributed by atoms with Crippen molar-refractivity contribution in [2.45, 2.75) is 58.0 Å². The van der Waals surface area contributed by atoms with Gasteiger partial charge in [-0.2, -0.15) is 21.6 Å². The molecule has 0 fully saturated rings. The summed E-state index contributed by atoms with van der Waals surface area (Å²) in [7, 11) is -1.97. The van der Waals surface area contributed by atoms with Crippen molar-refractivity contribution in [1.29, 1.82) is 0 Å². The van der Waals surface area contributed by atoms with Crippen molar-refractivity contribution in [3.63, 3.8) is 0 Å². The molecule has 0 aliphatic rings. The average Bonchev–Trinajstić information content (AvgIpc) is 2.26. The Labute approximate surface area is 108 Å². The van der Waals surface area contributed by atoms with Gasteiger partial charge in [0.1, 0.15) is 0 Å². The normalized spacial score (nSPS) is 9.83. The SMILES string of the molecule is FC(F)F.NCCCCCCCCCC=S(=O)=O. The summed E-state index contributed by atoms with van der Waals surface area (Å²) in [6.07, 6.45) is 8.90. The van der Waals surface area contributed by atoms with Gasteiger partial charge in [0, 0.05) is 5.37 Å². The molecule has 0 amide bonds. The highest BCUT2D eigenvalue weighted by Crippen LogP contribution is 2.07. The van der Waals surface area contributed by atoms with Crippen LogP contribution in [0.1, 0.15) is 51.4 Å². The van der Waals surface area contributed by atoms with Crippen molar-refractivity contribution in [3.05, 3.63) is 0 Å². The average molecular weight is 289 g/mol. The highest BCUT2D eigenvalue weighted by atomic mass is 32.2. The highest BCUT2D eigenvalue weighted by molar-refractivity contribution is 7.71. The molecule has 0 aliphatic carbocycles. The molecule has 110 valence electrons. The summed E-state index contributed by atoms with van der Waals surface area (Å²) < 4.78 is 49.3. The lowest BCUT2D eigenvalue weighted by molar-refractivity contribution is 0.00819. The van der Waals surface area contributed by atoms with Gasteiger partial charge in [0.25, 0.3) is 0 Å². The second-order valence-electron chi connectivity index (χ2n) is 3.73. The van der Waals surface area contributed by atoms with E-state index in [0.717, 1.165) is 25.8 Å². The van der Waals surface area contributed by atoms with Gasteiger partial charge in [-0.25, -0.2) is 0 Å². The van der Waals surface area contributed by atoms with Gasteiger partial charge >= 0.3 is 6.68 Å². The Morgan fingerprint density at radius 3 is 1.67 bits per heavy atom. The van der Waals surface area contributed by atoms with E-state index in [2.05, 4.69) is 0 Å². The first-order valence-corrected chi connectivity index (χ1v) is 7.18. The van der Waals surface area contributed by atoms with Crippen LogP contribution in [0, 0.1) is 0 Å². The number of alkyl halides is 3. The van der Waals surface area contributed by atoms with E-state index in [9.17, 15) is 21.6 Å². The molecule has 0 spiro atoms. The molecule has 3 nitrogen and oxygen atoms in total. The maximum atomic E-state index is 10.1. The molecule has 18 heavy (non-hydrogen) atoms. The fraction of sp³-hybridized carbons (Fsp3) is 0.909. The zero-order valence-electron chi connectivity index (χ0n) is 10.5. The Kier molecular flexibility index (Phi) is 18.1. The van der Waals surface area contributed by atoms with Gasteiger partial charge in [0.05, 0.1) is 0 Å². The number of halogens is 3. The lowest BCUT2D eigenvalue weighted by Crippen LogP contribution is -1.97. The monoisotopic (exact) mass is 289 g/mol. The highest BCUT2D eigenvalue weighted by Gasteiger charge is 1.90. The molecule has 0 saturated carbocycles. The van der Waals surface area contributed by atoms with Crippen LogP contribution < -0.4 is 5.73 Å². The number of unbranched alkanes of at least 4 members (excludes halogenated alkanes) is 7. The predicted octanol–water partition coefficient (Wildman–Crippen LogP) is 2.93. The van der Waals surface area contributed by atoms with Gasteiger partial charge < -0.3 is 5.73 Å². The molecular weight excluding hydrogens is 267 g/mol. The van der Waals surface area contributed by atoms with E-state index >= 15 is 0 Å². The first-order valence-electron chi connectivity index (χ1n) is 6.04. The topological polar surface area (TPSA) is 60.2 Å². The van der Waals surface area contributed by atoms with Crippen molar-refractivity contribution < 1.29 is 21.6 Å². The summed E-state index contributed by atoms with van der Waals surface area (Å²) in [4.78, 5) is 0. The molecule has 7 heteroatoms. The van der Waals surface area contributed by atoms with Gasteiger partial charge in [0.2, 0.25) is 10.3 Å². The van der Waals surface area contributed by atoms with Crippen LogP contribution in [-0.2, 0) is 10.3 Å². The largest absolute Gasteiger partial charge is 0.379 e. The molecule has 0 bridgehead atoms. The van der Waals surface area contributed by atoms with E-state index in [1.807, 2.05) is 0 Å². The zero-order valence-corrected chi connectivity index (χ0v) is 11.3. The summed E-state index contributed by atoms with van der Waals surface area (Å²) in [6.45, 7) is -2.87. The molecule has 0 unspecified atom stereocenters. The molecule has 0 aromatic rings. The lowest BCUT2D eigenvalue weighted by Gasteiger charge is -1.99. The third-order valence-corrected chi connectivity index (χ3v) is 2.67. The van der Waals surface area contributed by atoms with Gasteiger partial charge in [0.15, 0.2) is 0 Å². The summed E-state index contributed by atoms with van der Waals surface area (Å²) in [6, 6.07) is 0. The molecule has 0 rings (SSSR count). The van der Waals surface area contributed by atoms with Crippen molar-refractivity contribution >= 4 is 15.7 Å². The van der Waals surface area contributed by atoms with E-state index in [1.54, 1.807) is 0 Å². The molecule has 0 atom stereocenters. The quantitative estimate of drug-likeness (QED) is 0.524. The molecule has 0 saturated heterocycles. The molecule has 0 heterocycles. The van der Waals surface area contributed by atoms with E-state index in [1.165, 1.54) is 31.1 Å². The Balaban J connectivity index is 0. The Morgan fingerprint density at radius 2 is 1.28 bits per heavy atom. The minimum atomic E-state index is -3.67. The first kappa shape index (κ1) is 19.8. The van der Waals surface area contributed by atoms with Crippen LogP contribution in [0.5, 0.6) is 0 Å². The van der Waals surface area contributed by atoms with Crippen LogP contribution >= 0.6 is 0 Å². The van der Waals surface area contributed by atoms with Crippen LogP contribution in [0.2, 0.25) is 0 Å². The molecule has 0 radical (unpaired) electrons. The molecular formula is C11H22F3NO2S. The Hall–Kier alpha value is -0.560. The smallest absolute Gasteiger partial charge is 0.330 e. The first-order chi connectivity index (χ1) is 8.50. The van der Waals surface area contributed by atoms with Crippen LogP contribution in [0.3, 0.4) is 0 Å². The summed E-state index contributed by atoms with van der Waals surface area (Å²) in [5.41, 5.74) is 5.37. The van der Waals surface area contributed by atoms with Crippen LogP contribution in [-0.4, -0.2) is 27.0 Å². The van der Waals surface area contributed by atoms with E-state index in [-0.39, 0.29) is 0 Å². The van der Waals surface area contributed by atoms with Gasteiger partial charge in [-0.3, -0.25) is 0 Å². The van der Waals surface area contributed by atoms with Crippen LogP contribution in [0.25, 0.3) is 0 Å². The van der Waals surface area contributed by atoms with E-state index in [4.69, 9.17) is 5.73 Å². The Bertz CT molecular complexity index is 271. The summed E-state index contributed by atoms with van der Waals surface area (Å²) in [5, 5.41) is 1.34.